The molecular weight excluding hydrogens is 255 g/mol. The fourth-order valence-electron chi connectivity index (χ4n) is 2.90. The van der Waals surface area contributed by atoms with Gasteiger partial charge in [-0.15, -0.1) is 0 Å². The molecule has 1 saturated heterocycles. The minimum Gasteiger partial charge on any atom is -0.389 e. The summed E-state index contributed by atoms with van der Waals surface area (Å²) in [5.74, 6) is -0.249. The Morgan fingerprint density at radius 1 is 1.35 bits per heavy atom. The fraction of sp³-hybridized carbons (Fsp3) is 0.625. The zero-order chi connectivity index (χ0) is 14.9. The van der Waals surface area contributed by atoms with E-state index in [1.54, 1.807) is 13.8 Å². The van der Waals surface area contributed by atoms with E-state index in [0.29, 0.717) is 17.2 Å². The molecule has 20 heavy (non-hydrogen) atoms. The lowest BCUT2D eigenvalue weighted by Gasteiger charge is -2.37. The molecule has 0 aromatic heterocycles. The Labute approximate surface area is 121 Å². The number of aryl methyl sites for hydroxylation is 1. The van der Waals surface area contributed by atoms with Crippen LogP contribution in [0.3, 0.4) is 0 Å². The first-order valence-corrected chi connectivity index (χ1v) is 7.29. The summed E-state index contributed by atoms with van der Waals surface area (Å²) in [5, 5.41) is 9.91. The number of likely N-dealkylation sites (tertiary alicyclic amines) is 1. The predicted molar refractivity (Wildman–Crippen MR) is 80.7 cm³/mol. The molecule has 0 radical (unpaired) electrons. The molecule has 0 spiro atoms. The van der Waals surface area contributed by atoms with Gasteiger partial charge in [-0.1, -0.05) is 0 Å². The summed E-state index contributed by atoms with van der Waals surface area (Å²) in [7, 11) is 4.19. The van der Waals surface area contributed by atoms with Crippen LogP contribution in [0, 0.1) is 12.7 Å². The normalized spacial score (nSPS) is 19.1. The second kappa shape index (κ2) is 6.10. The quantitative estimate of drug-likeness (QED) is 0.922. The van der Waals surface area contributed by atoms with Gasteiger partial charge in [0.25, 0.3) is 0 Å². The second-order valence-corrected chi connectivity index (χ2v) is 5.98. The molecule has 0 aliphatic carbocycles. The lowest BCUT2D eigenvalue weighted by molar-refractivity contribution is 0.198. The number of aliphatic hydroxyl groups is 1. The van der Waals surface area contributed by atoms with E-state index in [2.05, 4.69) is 23.9 Å². The summed E-state index contributed by atoms with van der Waals surface area (Å²) < 4.78 is 13.7. The van der Waals surface area contributed by atoms with Gasteiger partial charge in [0.2, 0.25) is 0 Å². The third-order valence-corrected chi connectivity index (χ3v) is 4.37. The molecule has 2 rings (SSSR count). The van der Waals surface area contributed by atoms with Crippen LogP contribution >= 0.6 is 0 Å². The van der Waals surface area contributed by atoms with Crippen LogP contribution in [0.25, 0.3) is 0 Å². The molecule has 112 valence electrons. The van der Waals surface area contributed by atoms with Crippen molar-refractivity contribution >= 4 is 5.69 Å². The highest BCUT2D eigenvalue weighted by molar-refractivity contribution is 5.57. The SMILES string of the molecule is Cc1cc(N(C)C2CCN(C)CC2)c([C@H](C)O)cc1F. The lowest BCUT2D eigenvalue weighted by atomic mass is 9.99. The van der Waals surface area contributed by atoms with Crippen LogP contribution in [-0.4, -0.2) is 43.2 Å². The van der Waals surface area contributed by atoms with E-state index >= 15 is 0 Å². The first kappa shape index (κ1) is 15.3. The number of hydrogen-bond donors (Lipinski definition) is 1. The number of anilines is 1. The van der Waals surface area contributed by atoms with Crippen LogP contribution in [0.2, 0.25) is 0 Å². The Kier molecular flexibility index (Phi) is 4.66. The third kappa shape index (κ3) is 3.13. The van der Waals surface area contributed by atoms with Gasteiger partial charge in [-0.3, -0.25) is 0 Å². The van der Waals surface area contributed by atoms with Crippen LogP contribution in [0.1, 0.15) is 37.0 Å². The predicted octanol–water partition coefficient (Wildman–Crippen LogP) is 2.72. The van der Waals surface area contributed by atoms with E-state index in [4.69, 9.17) is 0 Å². The van der Waals surface area contributed by atoms with Crippen molar-refractivity contribution in [3.8, 4) is 0 Å². The maximum atomic E-state index is 13.7. The molecule has 1 aromatic carbocycles. The van der Waals surface area contributed by atoms with Crippen molar-refractivity contribution in [3.63, 3.8) is 0 Å². The fourth-order valence-corrected chi connectivity index (χ4v) is 2.90. The van der Waals surface area contributed by atoms with Crippen molar-refractivity contribution in [3.05, 3.63) is 29.1 Å². The molecule has 3 nitrogen and oxygen atoms in total. The largest absolute Gasteiger partial charge is 0.389 e. The summed E-state index contributed by atoms with van der Waals surface area (Å²) in [4.78, 5) is 4.54. The van der Waals surface area contributed by atoms with Crippen molar-refractivity contribution in [2.75, 3.05) is 32.1 Å². The van der Waals surface area contributed by atoms with Gasteiger partial charge in [-0.25, -0.2) is 4.39 Å². The maximum Gasteiger partial charge on any atom is 0.126 e. The Morgan fingerprint density at radius 2 is 1.95 bits per heavy atom. The standard InChI is InChI=1S/C16H25FN2O/c1-11-9-16(14(12(2)20)10-15(11)17)19(4)13-5-7-18(3)8-6-13/h9-10,12-13,20H,5-8H2,1-4H3/t12-/m0/s1. The zero-order valence-electron chi connectivity index (χ0n) is 12.9. The van der Waals surface area contributed by atoms with E-state index in [9.17, 15) is 9.50 Å². The van der Waals surface area contributed by atoms with E-state index in [-0.39, 0.29) is 5.82 Å². The highest BCUT2D eigenvalue weighted by atomic mass is 19.1. The highest BCUT2D eigenvalue weighted by Gasteiger charge is 2.24. The molecule has 0 saturated carbocycles. The van der Waals surface area contributed by atoms with E-state index in [0.717, 1.165) is 31.6 Å². The molecule has 4 heteroatoms. The number of halogens is 1. The summed E-state index contributed by atoms with van der Waals surface area (Å²) in [6, 6.07) is 3.78. The molecule has 1 heterocycles. The number of piperidine rings is 1. The molecule has 1 fully saturated rings. The van der Waals surface area contributed by atoms with E-state index in [1.807, 2.05) is 6.07 Å². The Hall–Kier alpha value is -1.13. The minimum absolute atomic E-state index is 0.249. The molecule has 0 unspecified atom stereocenters. The molecular formula is C16H25FN2O. The molecule has 1 aliphatic heterocycles. The molecule has 1 atom stereocenters. The van der Waals surface area contributed by atoms with Crippen LogP contribution in [-0.2, 0) is 0 Å². The summed E-state index contributed by atoms with van der Waals surface area (Å²) >= 11 is 0. The number of rotatable bonds is 3. The summed E-state index contributed by atoms with van der Waals surface area (Å²) in [5.41, 5.74) is 2.26. The minimum atomic E-state index is -0.659. The second-order valence-electron chi connectivity index (χ2n) is 5.98. The van der Waals surface area contributed by atoms with Crippen molar-refractivity contribution < 1.29 is 9.50 Å². The van der Waals surface area contributed by atoms with Gasteiger partial charge < -0.3 is 14.9 Å². The Morgan fingerprint density at radius 3 is 2.50 bits per heavy atom. The van der Waals surface area contributed by atoms with Crippen molar-refractivity contribution in [1.82, 2.24) is 4.90 Å². The highest BCUT2D eigenvalue weighted by Crippen LogP contribution is 2.31. The van der Waals surface area contributed by atoms with Crippen molar-refractivity contribution in [1.29, 1.82) is 0 Å². The monoisotopic (exact) mass is 280 g/mol. The van der Waals surface area contributed by atoms with Crippen LogP contribution in [0.15, 0.2) is 12.1 Å². The molecule has 1 N–H and O–H groups in total. The van der Waals surface area contributed by atoms with Crippen molar-refractivity contribution in [2.24, 2.45) is 0 Å². The number of hydrogen-bond acceptors (Lipinski definition) is 3. The number of benzene rings is 1. The summed E-state index contributed by atoms with van der Waals surface area (Å²) in [6.45, 7) is 5.63. The van der Waals surface area contributed by atoms with E-state index < -0.39 is 6.10 Å². The van der Waals surface area contributed by atoms with Gasteiger partial charge in [0.1, 0.15) is 5.82 Å². The van der Waals surface area contributed by atoms with Gasteiger partial charge in [-0.2, -0.15) is 0 Å². The van der Waals surface area contributed by atoms with E-state index in [1.165, 1.54) is 6.07 Å². The maximum absolute atomic E-state index is 13.7. The zero-order valence-corrected chi connectivity index (χ0v) is 12.9. The lowest BCUT2D eigenvalue weighted by Crippen LogP contribution is -2.42. The van der Waals surface area contributed by atoms with Gasteiger partial charge in [0.05, 0.1) is 6.10 Å². The van der Waals surface area contributed by atoms with Crippen LogP contribution in [0.5, 0.6) is 0 Å². The number of nitrogens with zero attached hydrogens (tertiary/aromatic N) is 2. The summed E-state index contributed by atoms with van der Waals surface area (Å²) in [6.07, 6.45) is 1.54. The average Bonchev–Trinajstić information content (AvgIpc) is 2.41. The van der Waals surface area contributed by atoms with Crippen molar-refractivity contribution in [2.45, 2.75) is 38.8 Å². The molecule has 0 amide bonds. The van der Waals surface area contributed by atoms with Gasteiger partial charge >= 0.3 is 0 Å². The van der Waals surface area contributed by atoms with Crippen LogP contribution in [0.4, 0.5) is 10.1 Å². The Bertz CT molecular complexity index is 468. The van der Waals surface area contributed by atoms with Gasteiger partial charge in [-0.05, 0) is 64.5 Å². The van der Waals surface area contributed by atoms with Gasteiger partial charge in [0, 0.05) is 24.3 Å². The Balaban J connectivity index is 2.28. The first-order chi connectivity index (χ1) is 9.40. The number of aliphatic hydroxyl groups excluding tert-OH is 1. The molecule has 1 aliphatic rings. The van der Waals surface area contributed by atoms with Crippen LogP contribution < -0.4 is 4.90 Å². The molecule has 0 bridgehead atoms. The molecule has 1 aromatic rings. The first-order valence-electron chi connectivity index (χ1n) is 7.29. The van der Waals surface area contributed by atoms with Gasteiger partial charge in [0.15, 0.2) is 0 Å². The third-order valence-electron chi connectivity index (χ3n) is 4.37. The smallest absolute Gasteiger partial charge is 0.126 e. The average molecular weight is 280 g/mol. The topological polar surface area (TPSA) is 26.7 Å².